The molecule has 0 unspecified atom stereocenters. The second kappa shape index (κ2) is 64.6. The first-order valence-electron chi connectivity index (χ1n) is 48.5. The van der Waals surface area contributed by atoms with Gasteiger partial charge in [-0.1, -0.05) is 290 Å². The lowest BCUT2D eigenvalue weighted by Gasteiger charge is -2.15. The number of rotatable bonds is 17. The molecule has 0 saturated carbocycles. The number of hydrogen-bond donors (Lipinski definition) is 1. The van der Waals surface area contributed by atoms with Crippen molar-refractivity contribution in [2.24, 2.45) is 32.1 Å². The van der Waals surface area contributed by atoms with Crippen LogP contribution in [0.15, 0.2) is 243 Å². The van der Waals surface area contributed by atoms with Gasteiger partial charge in [-0.3, -0.25) is 29.4 Å². The molecule has 17 nitrogen and oxygen atoms in total. The minimum absolute atomic E-state index is 0.0928. The van der Waals surface area contributed by atoms with Crippen LogP contribution in [0.2, 0.25) is 0 Å². The van der Waals surface area contributed by atoms with Gasteiger partial charge in [0.05, 0.1) is 31.4 Å². The molecule has 9 aromatic heterocycles. The van der Waals surface area contributed by atoms with Gasteiger partial charge in [0.2, 0.25) is 11.9 Å². The fourth-order valence-electron chi connectivity index (χ4n) is 12.4. The number of carbonyl (C=O) groups is 1. The van der Waals surface area contributed by atoms with Gasteiger partial charge in [-0.25, -0.2) is 19.9 Å². The summed E-state index contributed by atoms with van der Waals surface area (Å²) in [5, 5.41) is 6.85. The van der Waals surface area contributed by atoms with Crippen molar-refractivity contribution in [1.29, 1.82) is 0 Å². The van der Waals surface area contributed by atoms with Crippen molar-refractivity contribution < 1.29 is 22.7 Å². The standard InChI is InChI=1S/C11H16.C10H14N2O.C10H14O.C10H14.C9H15N3.C9H15N.2C9H13N.C8H10F3N.C8H14N2.C8H13N.C8H11N.C7H12N2/c1-4-10-5-7-11(8-6-10)9(2)3;1-7(2)9-4-5-10(11-6-9)12-8(3)13;1-8(2)9-6-4-5-7-10(9)11-3;1-8(2)10-6-4-5-9(3)7-10;1-7(2)8-5-10-9(11-6-8)12(3)4;1-9(2,3)8-5-6-10(4)7-8;1-7(2)9-4-5-10-8(3)6-9;1-7(2)9-5-4-8(3)10-6-9;1-5(2)6-3-4-12-7(6)8(9,10)11;1-4-10-5-8(7(2)3)9-6-10;1-7(2)8-5-4-6-9(8)3;1-7(2)8-4-3-5-9-6-8;1-6(2)7-4-5-9(3)8-7/h5-9H,4H2,1-3H3;4-7H,1-3H3,(H,11,12,13);4-8H,1-3H3;4-8H,1-3H3;5-7H,1-4H3;5-7H,1-4H3;2*4-7H,1-3H3;3,5H,4H2,1-2H3;5-7H,4H2,1-3H3;4-7H,1-3H3;3-7H,1-2H3;4-6H,1-3H3. The van der Waals surface area contributed by atoms with E-state index in [9.17, 15) is 18.0 Å². The van der Waals surface area contributed by atoms with Crippen molar-refractivity contribution in [2.75, 3.05) is 38.0 Å². The van der Waals surface area contributed by atoms with E-state index in [1.54, 1.807) is 33.4 Å². The third-order valence-electron chi connectivity index (χ3n) is 21.5. The predicted molar refractivity (Wildman–Crippen MR) is 574 cm³/mol. The monoisotopic (exact) mass is 1870 g/mol. The first-order valence-corrected chi connectivity index (χ1v) is 48.5. The highest BCUT2D eigenvalue weighted by Crippen LogP contribution is 2.30. The van der Waals surface area contributed by atoms with E-state index in [-0.39, 0.29) is 18.4 Å². The summed E-state index contributed by atoms with van der Waals surface area (Å²) in [6.07, 6.45) is 23.7. The second-order valence-corrected chi connectivity index (χ2v) is 39.0. The smallest absolute Gasteiger partial charge is 0.433 e. The number of aryl methyl sites for hydroxylation is 8. The number of nitrogens with zero attached hydrogens (tertiary/aromatic N) is 14. The van der Waals surface area contributed by atoms with E-state index in [0.717, 1.165) is 41.7 Å². The largest absolute Gasteiger partial charge is 0.496 e. The number of halogens is 3. The Morgan fingerprint density at radius 1 is 0.478 bits per heavy atom. The summed E-state index contributed by atoms with van der Waals surface area (Å²) in [6.45, 7) is 71.0. The summed E-state index contributed by atoms with van der Waals surface area (Å²) in [5.74, 6) is 8.51. The van der Waals surface area contributed by atoms with E-state index in [2.05, 4.69) is 400 Å². The Morgan fingerprint density at radius 2 is 1.01 bits per heavy atom. The van der Waals surface area contributed by atoms with Gasteiger partial charge in [-0.05, 0) is 232 Å². The molecule has 0 aliphatic carbocycles. The molecular formula is C116H174F3N15O2. The molecule has 1 aliphatic heterocycles. The van der Waals surface area contributed by atoms with E-state index in [0.29, 0.717) is 81.9 Å². The molecule has 1 N–H and O–H groups in total. The SMILES string of the molecule is CC(=O)Nc1ccc(C(C)C)cn1.CC(C)C1=CCN=C1C(F)(F)F.CC(C)c1cccn1C.CC(C)c1cccnc1.CC(C)c1ccn(C)n1.CC(C)c1cnc(N(C)C)nc1.CCc1ccc(C(C)C)cc1.CCn1cnc(C(C)C)c1.COc1ccccc1C(C)C.Cc1cc(C(C)C)ccn1.Cc1ccc(C(C)C)cn1.Cc1cccc(C(C)C)c1.Cn1ccc(C(C)(C)C)c1. The molecule has 12 aromatic rings. The number of pyridine rings is 4. The summed E-state index contributed by atoms with van der Waals surface area (Å²) in [4.78, 5) is 45.1. The van der Waals surface area contributed by atoms with Crippen molar-refractivity contribution in [1.82, 2.24) is 58.4 Å². The Balaban J connectivity index is 0.000000738. The molecule has 1 amide bonds. The number of allylic oxidation sites excluding steroid dienone is 1. The lowest BCUT2D eigenvalue weighted by atomic mass is 9.89. The summed E-state index contributed by atoms with van der Waals surface area (Å²) < 4.78 is 50.0. The zero-order valence-electron chi connectivity index (χ0n) is 90.7. The molecule has 0 atom stereocenters. The van der Waals surface area contributed by atoms with E-state index in [1.807, 2.05) is 131 Å². The quantitative estimate of drug-likeness (QED) is 0.0918. The number of ether oxygens (including phenoxy) is 1. The average Bonchev–Trinajstić information content (AvgIpc) is 1.75. The Bertz CT molecular complexity index is 5130. The van der Waals surface area contributed by atoms with Crippen molar-refractivity contribution in [3.8, 4) is 5.75 Å². The Hall–Kier alpha value is -11.4. The molecule has 746 valence electrons. The van der Waals surface area contributed by atoms with Crippen LogP contribution in [0.4, 0.5) is 24.9 Å². The number of amides is 1. The van der Waals surface area contributed by atoms with Gasteiger partial charge in [0, 0.05) is 140 Å². The van der Waals surface area contributed by atoms with Crippen LogP contribution >= 0.6 is 0 Å². The van der Waals surface area contributed by atoms with Crippen LogP contribution < -0.4 is 15.0 Å². The van der Waals surface area contributed by atoms with Crippen LogP contribution in [0.25, 0.3) is 0 Å². The molecule has 0 saturated heterocycles. The number of aromatic nitrogens is 12. The van der Waals surface area contributed by atoms with Gasteiger partial charge in [-0.2, -0.15) is 18.3 Å². The molecule has 0 radical (unpaired) electrons. The number of para-hydroxylation sites is 1. The lowest BCUT2D eigenvalue weighted by molar-refractivity contribution is -0.114. The van der Waals surface area contributed by atoms with Crippen LogP contribution in [0.5, 0.6) is 5.75 Å². The van der Waals surface area contributed by atoms with Crippen molar-refractivity contribution in [3.63, 3.8) is 0 Å². The van der Waals surface area contributed by atoms with E-state index in [4.69, 9.17) is 4.74 Å². The van der Waals surface area contributed by atoms with E-state index in [1.165, 1.54) is 85.6 Å². The minimum atomic E-state index is -4.29. The van der Waals surface area contributed by atoms with Gasteiger partial charge >= 0.3 is 6.18 Å². The highest BCUT2D eigenvalue weighted by atomic mass is 19.4. The number of aliphatic imine (C=N–C) groups is 1. The van der Waals surface area contributed by atoms with E-state index >= 15 is 0 Å². The summed E-state index contributed by atoms with van der Waals surface area (Å²) in [5.41, 5.74) is 20.5. The highest BCUT2D eigenvalue weighted by Gasteiger charge is 2.40. The topological polar surface area (TPSA) is 177 Å². The predicted octanol–water partition coefficient (Wildman–Crippen LogP) is 31.0. The van der Waals surface area contributed by atoms with Crippen LogP contribution in [0.3, 0.4) is 0 Å². The van der Waals surface area contributed by atoms with Gasteiger partial charge in [0.15, 0.2) is 0 Å². The number of nitrogens with one attached hydrogen (secondary N) is 1. The Labute approximate surface area is 821 Å². The molecular weight excluding hydrogens is 1690 g/mol. The van der Waals surface area contributed by atoms with Crippen LogP contribution in [-0.2, 0) is 44.3 Å². The average molecular weight is 1870 g/mol. The van der Waals surface area contributed by atoms with Crippen molar-refractivity contribution >= 4 is 23.4 Å². The third kappa shape index (κ3) is 51.0. The number of carbonyl (C=O) groups excluding carboxylic acids is 1. The Morgan fingerprint density at radius 3 is 1.35 bits per heavy atom. The summed E-state index contributed by atoms with van der Waals surface area (Å²) in [6, 6.07) is 50.4. The zero-order chi connectivity index (χ0) is 103. The Kier molecular flexibility index (Phi) is 58.2. The number of imidazole rings is 1. The van der Waals surface area contributed by atoms with Crippen LogP contribution in [0.1, 0.15) is 362 Å². The van der Waals surface area contributed by atoms with Gasteiger partial charge < -0.3 is 28.7 Å². The highest BCUT2D eigenvalue weighted by molar-refractivity contribution is 6.06. The van der Waals surface area contributed by atoms with Gasteiger partial charge in [0.25, 0.3) is 0 Å². The number of benzene rings is 3. The maximum atomic E-state index is 12.2. The molecule has 13 rings (SSSR count). The fraction of sp³-hybridized carbons (Fsp3) is 0.483. The normalized spacial score (nSPS) is 11.2. The molecule has 10 heterocycles. The minimum Gasteiger partial charge on any atom is -0.496 e. The molecule has 136 heavy (non-hydrogen) atoms. The maximum absolute atomic E-state index is 12.2. The fourth-order valence-corrected chi connectivity index (χ4v) is 12.4. The third-order valence-corrected chi connectivity index (χ3v) is 21.5. The first-order chi connectivity index (χ1) is 63.7. The number of hydrogen-bond acceptors (Lipinski definition) is 12. The molecule has 0 fully saturated rings. The summed E-state index contributed by atoms with van der Waals surface area (Å²) >= 11 is 0. The first kappa shape index (κ1) is 123. The summed E-state index contributed by atoms with van der Waals surface area (Å²) in [7, 11) is 11.6. The lowest BCUT2D eigenvalue weighted by Crippen LogP contribution is -2.25. The number of methoxy groups -OCH3 is 1. The molecule has 0 spiro atoms. The van der Waals surface area contributed by atoms with Crippen LogP contribution in [0, 0.1) is 26.7 Å². The molecule has 20 heteroatoms. The van der Waals surface area contributed by atoms with Crippen molar-refractivity contribution in [3.05, 3.63) is 328 Å². The van der Waals surface area contributed by atoms with E-state index < -0.39 is 11.9 Å². The molecule has 1 aliphatic rings. The van der Waals surface area contributed by atoms with Crippen LogP contribution in [-0.4, -0.2) is 104 Å². The second-order valence-electron chi connectivity index (χ2n) is 39.0. The van der Waals surface area contributed by atoms with Gasteiger partial charge in [-0.15, -0.1) is 0 Å². The molecule has 3 aromatic carbocycles. The van der Waals surface area contributed by atoms with Gasteiger partial charge in [0.1, 0.15) is 17.3 Å². The number of alkyl halides is 3. The zero-order valence-corrected chi connectivity index (χ0v) is 90.7. The number of anilines is 2. The maximum Gasteiger partial charge on any atom is 0.433 e. The van der Waals surface area contributed by atoms with Crippen molar-refractivity contribution in [2.45, 2.75) is 318 Å². The molecule has 0 bridgehead atoms.